The van der Waals surface area contributed by atoms with E-state index in [2.05, 4.69) is 26.2 Å². The van der Waals surface area contributed by atoms with Gasteiger partial charge in [0.05, 0.1) is 0 Å². The smallest absolute Gasteiger partial charge is 0.262 e. The Balaban J connectivity index is 1.44. The van der Waals surface area contributed by atoms with Crippen molar-refractivity contribution in [3.8, 4) is 17.2 Å². The molecule has 5 nitrogen and oxygen atoms in total. The van der Waals surface area contributed by atoms with Crippen LogP contribution in [0, 0.1) is 0 Å². The van der Waals surface area contributed by atoms with Crippen molar-refractivity contribution in [1.29, 1.82) is 0 Å². The maximum absolute atomic E-state index is 12.1. The van der Waals surface area contributed by atoms with Gasteiger partial charge in [0.15, 0.2) is 12.2 Å². The number of aromatic nitrogens is 1. The van der Waals surface area contributed by atoms with Crippen LogP contribution in [0.4, 0.5) is 5.69 Å². The van der Waals surface area contributed by atoms with Gasteiger partial charge in [-0.15, -0.1) is 0 Å². The van der Waals surface area contributed by atoms with E-state index in [9.17, 15) is 4.79 Å². The molecule has 7 heteroatoms. The number of amides is 1. The van der Waals surface area contributed by atoms with Gasteiger partial charge < -0.3 is 14.5 Å². The highest BCUT2D eigenvalue weighted by Crippen LogP contribution is 2.27. The van der Waals surface area contributed by atoms with E-state index in [1.807, 2.05) is 24.3 Å². The number of hydrogen-bond donors (Lipinski definition) is 1. The summed E-state index contributed by atoms with van der Waals surface area (Å²) in [5, 5.41) is 3.45. The number of anilines is 1. The lowest BCUT2D eigenvalue weighted by Gasteiger charge is -2.07. The Bertz CT molecular complexity index is 1120. The third-order valence-corrected chi connectivity index (χ3v) is 4.73. The van der Waals surface area contributed by atoms with Crippen LogP contribution in [0.15, 0.2) is 75.6 Å². The number of nitrogens with zero attached hydrogens (tertiary/aromatic N) is 1. The van der Waals surface area contributed by atoms with Crippen LogP contribution < -0.4 is 10.1 Å². The third-order valence-electron chi connectivity index (χ3n) is 3.95. The Morgan fingerprint density at radius 1 is 1.07 bits per heavy atom. The first-order valence-corrected chi connectivity index (χ1v) is 9.59. The number of benzene rings is 3. The summed E-state index contributed by atoms with van der Waals surface area (Å²) in [6, 6.07) is 19.8. The topological polar surface area (TPSA) is 64.4 Å². The predicted octanol–water partition coefficient (Wildman–Crippen LogP) is 5.93. The molecule has 0 fully saturated rings. The van der Waals surface area contributed by atoms with Crippen LogP contribution in [0.1, 0.15) is 0 Å². The van der Waals surface area contributed by atoms with E-state index in [1.54, 1.807) is 42.5 Å². The molecule has 1 N–H and O–H groups in total. The molecule has 0 unspecified atom stereocenters. The van der Waals surface area contributed by atoms with Gasteiger partial charge >= 0.3 is 0 Å². The van der Waals surface area contributed by atoms with Gasteiger partial charge in [-0.25, -0.2) is 4.98 Å². The zero-order valence-corrected chi connectivity index (χ0v) is 16.8. The van der Waals surface area contributed by atoms with Crippen LogP contribution >= 0.6 is 27.5 Å². The van der Waals surface area contributed by atoms with E-state index in [0.29, 0.717) is 33.4 Å². The van der Waals surface area contributed by atoms with Gasteiger partial charge in [-0.1, -0.05) is 27.5 Å². The highest BCUT2D eigenvalue weighted by Gasteiger charge is 2.10. The lowest BCUT2D eigenvalue weighted by atomic mass is 10.2. The molecule has 1 aromatic heterocycles. The van der Waals surface area contributed by atoms with Crippen molar-refractivity contribution in [3.63, 3.8) is 0 Å². The Morgan fingerprint density at radius 3 is 2.57 bits per heavy atom. The Labute approximate surface area is 174 Å². The van der Waals surface area contributed by atoms with Crippen molar-refractivity contribution in [3.05, 3.63) is 76.2 Å². The summed E-state index contributed by atoms with van der Waals surface area (Å²) in [7, 11) is 0. The standard InChI is InChI=1S/C21H14BrClN2O3/c22-14-3-8-17(9-4-14)27-12-20(26)24-16-7-10-19-18(11-16)25-21(28-19)13-1-5-15(23)6-2-13/h1-11H,12H2,(H,24,26). The van der Waals surface area contributed by atoms with Crippen LogP contribution in [0.2, 0.25) is 5.02 Å². The van der Waals surface area contributed by atoms with Crippen LogP contribution in [-0.4, -0.2) is 17.5 Å². The van der Waals surface area contributed by atoms with Crippen LogP contribution in [0.3, 0.4) is 0 Å². The molecule has 0 atom stereocenters. The minimum Gasteiger partial charge on any atom is -0.484 e. The van der Waals surface area contributed by atoms with Gasteiger partial charge in [0.25, 0.3) is 5.91 Å². The number of halogens is 2. The van der Waals surface area contributed by atoms with Gasteiger partial charge in [0.2, 0.25) is 5.89 Å². The average Bonchev–Trinajstić information content (AvgIpc) is 3.11. The number of fused-ring (bicyclic) bond motifs is 1. The molecular weight excluding hydrogens is 444 g/mol. The van der Waals surface area contributed by atoms with Crippen molar-refractivity contribution in [2.45, 2.75) is 0 Å². The number of carbonyl (C=O) groups excluding carboxylic acids is 1. The van der Waals surface area contributed by atoms with E-state index < -0.39 is 0 Å². The SMILES string of the molecule is O=C(COc1ccc(Br)cc1)Nc1ccc2oc(-c3ccc(Cl)cc3)nc2c1. The summed E-state index contributed by atoms with van der Waals surface area (Å²) in [6.45, 7) is -0.0888. The fourth-order valence-corrected chi connectivity index (χ4v) is 2.99. The summed E-state index contributed by atoms with van der Waals surface area (Å²) in [5.41, 5.74) is 2.73. The van der Waals surface area contributed by atoms with Gasteiger partial charge in [0.1, 0.15) is 11.3 Å². The van der Waals surface area contributed by atoms with Crippen molar-refractivity contribution >= 4 is 50.2 Å². The van der Waals surface area contributed by atoms with Gasteiger partial charge in [0, 0.05) is 20.7 Å². The van der Waals surface area contributed by atoms with E-state index in [0.717, 1.165) is 10.0 Å². The lowest BCUT2D eigenvalue weighted by Crippen LogP contribution is -2.20. The molecule has 4 aromatic rings. The molecule has 0 aliphatic rings. The van der Waals surface area contributed by atoms with E-state index in [-0.39, 0.29) is 12.5 Å². The molecule has 0 radical (unpaired) electrons. The van der Waals surface area contributed by atoms with E-state index in [1.165, 1.54) is 0 Å². The van der Waals surface area contributed by atoms with Crippen molar-refractivity contribution < 1.29 is 13.9 Å². The lowest BCUT2D eigenvalue weighted by molar-refractivity contribution is -0.118. The third kappa shape index (κ3) is 4.35. The fraction of sp³-hybridized carbons (Fsp3) is 0.0476. The predicted molar refractivity (Wildman–Crippen MR) is 113 cm³/mol. The summed E-state index contributed by atoms with van der Waals surface area (Å²) in [4.78, 5) is 16.6. The van der Waals surface area contributed by atoms with Crippen LogP contribution in [0.5, 0.6) is 5.75 Å². The number of ether oxygens (including phenoxy) is 1. The first-order valence-electron chi connectivity index (χ1n) is 8.41. The van der Waals surface area contributed by atoms with Crippen molar-refractivity contribution in [2.75, 3.05) is 11.9 Å². The second-order valence-electron chi connectivity index (χ2n) is 6.00. The van der Waals surface area contributed by atoms with Crippen LogP contribution in [-0.2, 0) is 4.79 Å². The second-order valence-corrected chi connectivity index (χ2v) is 7.35. The normalized spacial score (nSPS) is 10.8. The number of hydrogen-bond acceptors (Lipinski definition) is 4. The zero-order chi connectivity index (χ0) is 19.5. The summed E-state index contributed by atoms with van der Waals surface area (Å²) in [5.74, 6) is 0.857. The van der Waals surface area contributed by atoms with Gasteiger partial charge in [-0.3, -0.25) is 4.79 Å². The summed E-state index contributed by atoms with van der Waals surface area (Å²) < 4.78 is 12.2. The monoisotopic (exact) mass is 456 g/mol. The minimum absolute atomic E-state index is 0.0888. The molecule has 0 aliphatic heterocycles. The first kappa shape index (κ1) is 18.5. The molecule has 1 amide bonds. The van der Waals surface area contributed by atoms with Crippen LogP contribution in [0.25, 0.3) is 22.6 Å². The maximum Gasteiger partial charge on any atom is 0.262 e. The molecule has 1 heterocycles. The second kappa shape index (κ2) is 8.04. The molecular formula is C21H14BrClN2O3. The largest absolute Gasteiger partial charge is 0.484 e. The summed E-state index contributed by atoms with van der Waals surface area (Å²) >= 11 is 9.27. The van der Waals surface area contributed by atoms with E-state index in [4.69, 9.17) is 20.8 Å². The molecule has 28 heavy (non-hydrogen) atoms. The molecule has 0 aliphatic carbocycles. The number of rotatable bonds is 5. The maximum atomic E-state index is 12.1. The quantitative estimate of drug-likeness (QED) is 0.403. The molecule has 0 saturated heterocycles. The zero-order valence-electron chi connectivity index (χ0n) is 14.5. The highest BCUT2D eigenvalue weighted by atomic mass is 79.9. The van der Waals surface area contributed by atoms with Crippen molar-refractivity contribution in [2.24, 2.45) is 0 Å². The number of oxazole rings is 1. The van der Waals surface area contributed by atoms with E-state index >= 15 is 0 Å². The minimum atomic E-state index is -0.260. The summed E-state index contributed by atoms with van der Waals surface area (Å²) in [6.07, 6.45) is 0. The Morgan fingerprint density at radius 2 is 1.82 bits per heavy atom. The molecule has 140 valence electrons. The number of nitrogens with one attached hydrogen (secondary N) is 1. The first-order chi connectivity index (χ1) is 13.6. The van der Waals surface area contributed by atoms with Gasteiger partial charge in [-0.2, -0.15) is 0 Å². The highest BCUT2D eigenvalue weighted by molar-refractivity contribution is 9.10. The Hall–Kier alpha value is -2.83. The molecule has 0 spiro atoms. The molecule has 0 saturated carbocycles. The number of carbonyl (C=O) groups is 1. The fourth-order valence-electron chi connectivity index (χ4n) is 2.60. The molecule has 4 rings (SSSR count). The molecule has 0 bridgehead atoms. The molecule has 3 aromatic carbocycles. The average molecular weight is 458 g/mol. The Kier molecular flexibility index (Phi) is 5.32. The van der Waals surface area contributed by atoms with Crippen molar-refractivity contribution in [1.82, 2.24) is 4.98 Å². The van der Waals surface area contributed by atoms with Gasteiger partial charge in [-0.05, 0) is 66.7 Å².